The van der Waals surface area contributed by atoms with Gasteiger partial charge in [-0.05, 0) is 6.92 Å². The molecule has 1 rings (SSSR count). The number of cyclic esters (lactones) is 2. The summed E-state index contributed by atoms with van der Waals surface area (Å²) in [4.78, 5) is 10.4. The van der Waals surface area contributed by atoms with Crippen molar-refractivity contribution in [2.45, 2.75) is 12.5 Å². The van der Waals surface area contributed by atoms with E-state index in [-0.39, 0.29) is 6.61 Å². The molecule has 0 spiro atoms. The molecule has 1 N–H and O–H groups in total. The predicted molar refractivity (Wildman–Crippen MR) is 37.3 cm³/mol. The number of hydrogen-bond donors (Lipinski definition) is 1. The molecule has 7 heteroatoms. The lowest BCUT2D eigenvalue weighted by Crippen LogP contribution is -2.36. The highest BCUT2D eigenvalue weighted by atomic mass is 32.2. The second-order valence-electron chi connectivity index (χ2n) is 2.82. The van der Waals surface area contributed by atoms with Crippen LogP contribution in [0.5, 0.6) is 0 Å². The van der Waals surface area contributed by atoms with Crippen LogP contribution in [-0.2, 0) is 19.6 Å². The van der Waals surface area contributed by atoms with Crippen LogP contribution in [0.25, 0.3) is 0 Å². The average Bonchev–Trinajstić information content (AvgIpc) is 2.05. The summed E-state index contributed by atoms with van der Waals surface area (Å²) < 4.78 is 38.2. The molecule has 1 heterocycles. The van der Waals surface area contributed by atoms with E-state index in [9.17, 15) is 13.2 Å². The van der Waals surface area contributed by atoms with Crippen LogP contribution in [0.3, 0.4) is 0 Å². The standard InChI is InChI=1S/C5H8O6S/c1-5(3-12(7,8)9)2-10-4(6)11-5/h2-3H2,1H3,(H,7,8,9). The van der Waals surface area contributed by atoms with Crippen molar-refractivity contribution in [3.8, 4) is 0 Å². The zero-order chi connectivity index (χ0) is 9.41. The first-order valence-electron chi connectivity index (χ1n) is 3.12. The van der Waals surface area contributed by atoms with Gasteiger partial charge in [-0.25, -0.2) is 4.79 Å². The molecule has 0 aromatic carbocycles. The van der Waals surface area contributed by atoms with Crippen LogP contribution in [0.2, 0.25) is 0 Å². The lowest BCUT2D eigenvalue weighted by atomic mass is 10.2. The van der Waals surface area contributed by atoms with E-state index in [0.29, 0.717) is 0 Å². The fraction of sp³-hybridized carbons (Fsp3) is 0.800. The molecule has 70 valence electrons. The van der Waals surface area contributed by atoms with Crippen molar-refractivity contribution in [1.29, 1.82) is 0 Å². The van der Waals surface area contributed by atoms with E-state index >= 15 is 0 Å². The summed E-state index contributed by atoms with van der Waals surface area (Å²) >= 11 is 0. The number of carbonyl (C=O) groups is 1. The van der Waals surface area contributed by atoms with Crippen molar-refractivity contribution < 1.29 is 27.2 Å². The van der Waals surface area contributed by atoms with Crippen LogP contribution in [0.1, 0.15) is 6.92 Å². The van der Waals surface area contributed by atoms with Crippen LogP contribution >= 0.6 is 0 Å². The molecule has 1 aliphatic heterocycles. The van der Waals surface area contributed by atoms with Crippen molar-refractivity contribution in [1.82, 2.24) is 0 Å². The maximum Gasteiger partial charge on any atom is 0.509 e. The Morgan fingerprint density at radius 1 is 1.67 bits per heavy atom. The summed E-state index contributed by atoms with van der Waals surface area (Å²) in [6.45, 7) is 1.21. The minimum atomic E-state index is -4.15. The summed E-state index contributed by atoms with van der Waals surface area (Å²) in [6, 6.07) is 0. The van der Waals surface area contributed by atoms with Crippen LogP contribution in [0, 0.1) is 0 Å². The van der Waals surface area contributed by atoms with Gasteiger partial charge in [-0.15, -0.1) is 0 Å². The van der Waals surface area contributed by atoms with Gasteiger partial charge in [-0.3, -0.25) is 4.55 Å². The molecular weight excluding hydrogens is 188 g/mol. The van der Waals surface area contributed by atoms with Crippen LogP contribution in [0.4, 0.5) is 4.79 Å². The van der Waals surface area contributed by atoms with E-state index in [1.54, 1.807) is 0 Å². The van der Waals surface area contributed by atoms with E-state index in [1.165, 1.54) is 6.92 Å². The number of carbonyl (C=O) groups excluding carboxylic acids is 1. The highest BCUT2D eigenvalue weighted by molar-refractivity contribution is 7.85. The molecular formula is C5H8O6S. The third kappa shape index (κ3) is 2.35. The van der Waals surface area contributed by atoms with Gasteiger partial charge in [0.15, 0.2) is 5.60 Å². The number of hydrogen-bond acceptors (Lipinski definition) is 5. The lowest BCUT2D eigenvalue weighted by Gasteiger charge is -2.16. The van der Waals surface area contributed by atoms with E-state index in [1.807, 2.05) is 0 Å². The third-order valence-corrected chi connectivity index (χ3v) is 2.29. The van der Waals surface area contributed by atoms with Crippen molar-refractivity contribution in [2.75, 3.05) is 12.4 Å². The molecule has 0 bridgehead atoms. The van der Waals surface area contributed by atoms with Gasteiger partial charge < -0.3 is 9.47 Å². The van der Waals surface area contributed by atoms with E-state index in [4.69, 9.17) is 4.55 Å². The molecule has 1 saturated heterocycles. The Morgan fingerprint density at radius 2 is 2.25 bits per heavy atom. The average molecular weight is 196 g/mol. The molecule has 0 radical (unpaired) electrons. The summed E-state index contributed by atoms with van der Waals surface area (Å²) in [5.41, 5.74) is -1.26. The summed E-state index contributed by atoms with van der Waals surface area (Å²) in [5.74, 6) is -0.647. The van der Waals surface area contributed by atoms with Gasteiger partial charge in [-0.2, -0.15) is 8.42 Å². The molecule has 0 amide bonds. The Bertz CT molecular complexity index is 293. The molecule has 1 unspecified atom stereocenters. The molecule has 1 atom stereocenters. The van der Waals surface area contributed by atoms with Gasteiger partial charge in [0.2, 0.25) is 0 Å². The Hall–Kier alpha value is -0.820. The highest BCUT2D eigenvalue weighted by Gasteiger charge is 2.41. The summed E-state index contributed by atoms with van der Waals surface area (Å²) in [5, 5.41) is 0. The van der Waals surface area contributed by atoms with Gasteiger partial charge in [0.25, 0.3) is 10.1 Å². The summed E-state index contributed by atoms with van der Waals surface area (Å²) in [7, 11) is -4.15. The Balaban J connectivity index is 2.69. The molecule has 0 aliphatic carbocycles. The zero-order valence-corrected chi connectivity index (χ0v) is 7.13. The highest BCUT2D eigenvalue weighted by Crippen LogP contribution is 2.20. The van der Waals surface area contributed by atoms with Crippen molar-refractivity contribution in [3.63, 3.8) is 0 Å². The first-order chi connectivity index (χ1) is 5.31. The van der Waals surface area contributed by atoms with Gasteiger partial charge in [-0.1, -0.05) is 0 Å². The van der Waals surface area contributed by atoms with E-state index < -0.39 is 27.6 Å². The van der Waals surface area contributed by atoms with Gasteiger partial charge in [0.05, 0.1) is 0 Å². The SMILES string of the molecule is CC1(CS(=O)(=O)O)COC(=O)O1. The fourth-order valence-electron chi connectivity index (χ4n) is 0.929. The molecule has 0 aromatic rings. The Kier molecular flexibility index (Phi) is 2.01. The molecule has 12 heavy (non-hydrogen) atoms. The first-order valence-corrected chi connectivity index (χ1v) is 4.73. The fourth-order valence-corrected chi connectivity index (χ4v) is 1.84. The molecule has 0 aromatic heterocycles. The van der Waals surface area contributed by atoms with Gasteiger partial charge >= 0.3 is 6.16 Å². The van der Waals surface area contributed by atoms with Gasteiger partial charge in [0.1, 0.15) is 12.4 Å². The minimum absolute atomic E-state index is 0.161. The van der Waals surface area contributed by atoms with Crippen LogP contribution < -0.4 is 0 Å². The van der Waals surface area contributed by atoms with Crippen molar-refractivity contribution >= 4 is 16.3 Å². The second kappa shape index (κ2) is 2.60. The zero-order valence-electron chi connectivity index (χ0n) is 6.31. The first kappa shape index (κ1) is 9.27. The predicted octanol–water partition coefficient (Wildman–Crippen LogP) is -0.200. The monoisotopic (exact) mass is 196 g/mol. The third-order valence-electron chi connectivity index (χ3n) is 1.31. The smallest absolute Gasteiger partial charge is 0.430 e. The molecule has 6 nitrogen and oxygen atoms in total. The van der Waals surface area contributed by atoms with E-state index in [0.717, 1.165) is 0 Å². The summed E-state index contributed by atoms with van der Waals surface area (Å²) in [6.07, 6.45) is -0.916. The van der Waals surface area contributed by atoms with Crippen LogP contribution in [-0.4, -0.2) is 37.1 Å². The largest absolute Gasteiger partial charge is 0.509 e. The Morgan fingerprint density at radius 3 is 2.58 bits per heavy atom. The quantitative estimate of drug-likeness (QED) is 0.486. The Labute approximate surface area is 69.2 Å². The second-order valence-corrected chi connectivity index (χ2v) is 4.27. The number of ether oxygens (including phenoxy) is 2. The minimum Gasteiger partial charge on any atom is -0.430 e. The van der Waals surface area contributed by atoms with E-state index in [2.05, 4.69) is 9.47 Å². The van der Waals surface area contributed by atoms with Crippen LogP contribution in [0.15, 0.2) is 0 Å². The van der Waals surface area contributed by atoms with Gasteiger partial charge in [0, 0.05) is 0 Å². The van der Waals surface area contributed by atoms with Crippen molar-refractivity contribution in [2.24, 2.45) is 0 Å². The maximum absolute atomic E-state index is 10.4. The lowest BCUT2D eigenvalue weighted by molar-refractivity contribution is 0.0848. The topological polar surface area (TPSA) is 89.9 Å². The maximum atomic E-state index is 10.4. The molecule has 1 aliphatic rings. The normalized spacial score (nSPS) is 29.7. The number of rotatable bonds is 2. The molecule has 1 fully saturated rings. The van der Waals surface area contributed by atoms with Crippen molar-refractivity contribution in [3.05, 3.63) is 0 Å². The molecule has 0 saturated carbocycles.